The van der Waals surface area contributed by atoms with E-state index in [9.17, 15) is 13.5 Å². The Labute approximate surface area is 121 Å². The van der Waals surface area contributed by atoms with Crippen LogP contribution in [0, 0.1) is 11.8 Å². The summed E-state index contributed by atoms with van der Waals surface area (Å²) in [6.45, 7) is 6.22. The number of nitrogens with one attached hydrogen (secondary N) is 1. The van der Waals surface area contributed by atoms with Gasteiger partial charge >= 0.3 is 0 Å². The predicted octanol–water partition coefficient (Wildman–Crippen LogP) is 1.76. The SMILES string of the molecule is COc1ccc(S(=O)(=O)NCC(C)C(C)C)cc1CO. The van der Waals surface area contributed by atoms with Crippen LogP contribution in [-0.4, -0.2) is 27.2 Å². The maximum Gasteiger partial charge on any atom is 0.240 e. The van der Waals surface area contributed by atoms with Crippen LogP contribution < -0.4 is 9.46 Å². The van der Waals surface area contributed by atoms with Gasteiger partial charge in [0.15, 0.2) is 0 Å². The zero-order chi connectivity index (χ0) is 15.3. The number of sulfonamides is 1. The van der Waals surface area contributed by atoms with E-state index in [4.69, 9.17) is 4.74 Å². The molecule has 6 heteroatoms. The second-order valence-electron chi connectivity index (χ2n) is 5.20. The summed E-state index contributed by atoms with van der Waals surface area (Å²) >= 11 is 0. The summed E-state index contributed by atoms with van der Waals surface area (Å²) in [5, 5.41) is 9.24. The summed E-state index contributed by atoms with van der Waals surface area (Å²) < 4.78 is 32.0. The van der Waals surface area contributed by atoms with Gasteiger partial charge < -0.3 is 9.84 Å². The Hall–Kier alpha value is -1.11. The van der Waals surface area contributed by atoms with E-state index in [2.05, 4.69) is 18.6 Å². The summed E-state index contributed by atoms with van der Waals surface area (Å²) in [6, 6.07) is 4.45. The minimum absolute atomic E-state index is 0.137. The molecule has 5 nitrogen and oxygen atoms in total. The highest BCUT2D eigenvalue weighted by atomic mass is 32.2. The third-order valence-corrected chi connectivity index (χ3v) is 4.89. The molecule has 0 aliphatic carbocycles. The van der Waals surface area contributed by atoms with Crippen molar-refractivity contribution in [3.8, 4) is 5.75 Å². The first-order valence-corrected chi connectivity index (χ1v) is 8.07. The van der Waals surface area contributed by atoms with Crippen molar-refractivity contribution in [2.24, 2.45) is 11.8 Å². The van der Waals surface area contributed by atoms with Gasteiger partial charge in [0.1, 0.15) is 5.75 Å². The smallest absolute Gasteiger partial charge is 0.240 e. The maximum atomic E-state index is 12.2. The van der Waals surface area contributed by atoms with Gasteiger partial charge in [-0.1, -0.05) is 20.8 Å². The fourth-order valence-electron chi connectivity index (χ4n) is 1.61. The molecule has 1 atom stereocenters. The third kappa shape index (κ3) is 4.19. The lowest BCUT2D eigenvalue weighted by Crippen LogP contribution is -2.30. The number of hydrogen-bond acceptors (Lipinski definition) is 4. The molecule has 0 spiro atoms. The van der Waals surface area contributed by atoms with Crippen LogP contribution in [0.5, 0.6) is 5.75 Å². The first-order chi connectivity index (χ1) is 9.31. The molecule has 1 unspecified atom stereocenters. The number of aliphatic hydroxyl groups excluding tert-OH is 1. The second kappa shape index (κ2) is 7.06. The lowest BCUT2D eigenvalue weighted by Gasteiger charge is -2.16. The normalized spacial score (nSPS) is 13.5. The molecule has 0 aliphatic heterocycles. The number of rotatable bonds is 7. The number of methoxy groups -OCH3 is 1. The van der Waals surface area contributed by atoms with Crippen LogP contribution in [0.25, 0.3) is 0 Å². The number of ether oxygens (including phenoxy) is 1. The van der Waals surface area contributed by atoms with Crippen LogP contribution in [0.1, 0.15) is 26.3 Å². The Morgan fingerprint density at radius 2 is 1.95 bits per heavy atom. The zero-order valence-electron chi connectivity index (χ0n) is 12.4. The molecule has 0 saturated heterocycles. The first kappa shape index (κ1) is 16.9. The van der Waals surface area contributed by atoms with Crippen molar-refractivity contribution in [2.45, 2.75) is 32.3 Å². The Kier molecular flexibility index (Phi) is 5.98. The van der Waals surface area contributed by atoms with E-state index in [1.165, 1.54) is 19.2 Å². The Morgan fingerprint density at radius 3 is 2.45 bits per heavy atom. The molecule has 0 saturated carbocycles. The van der Waals surface area contributed by atoms with Crippen molar-refractivity contribution < 1.29 is 18.3 Å². The van der Waals surface area contributed by atoms with Crippen molar-refractivity contribution in [3.05, 3.63) is 23.8 Å². The predicted molar refractivity (Wildman–Crippen MR) is 78.1 cm³/mol. The zero-order valence-corrected chi connectivity index (χ0v) is 13.2. The molecular weight excluding hydrogens is 278 g/mol. The minimum Gasteiger partial charge on any atom is -0.496 e. The molecule has 0 heterocycles. The third-order valence-electron chi connectivity index (χ3n) is 3.47. The van der Waals surface area contributed by atoms with Crippen LogP contribution >= 0.6 is 0 Å². The van der Waals surface area contributed by atoms with Crippen molar-refractivity contribution >= 4 is 10.0 Å². The van der Waals surface area contributed by atoms with E-state index in [1.807, 2.05) is 6.92 Å². The van der Waals surface area contributed by atoms with Gasteiger partial charge in [-0.3, -0.25) is 0 Å². The van der Waals surface area contributed by atoms with Gasteiger partial charge in [0.2, 0.25) is 10.0 Å². The van der Waals surface area contributed by atoms with Crippen molar-refractivity contribution in [2.75, 3.05) is 13.7 Å². The van der Waals surface area contributed by atoms with Crippen LogP contribution in [0.4, 0.5) is 0 Å². The molecule has 0 amide bonds. The summed E-state index contributed by atoms with van der Waals surface area (Å²) in [5.41, 5.74) is 0.451. The van der Waals surface area contributed by atoms with Crippen molar-refractivity contribution in [3.63, 3.8) is 0 Å². The molecule has 1 rings (SSSR count). The molecule has 0 aliphatic rings. The fourth-order valence-corrected chi connectivity index (χ4v) is 2.80. The topological polar surface area (TPSA) is 75.6 Å². The largest absolute Gasteiger partial charge is 0.496 e. The quantitative estimate of drug-likeness (QED) is 0.804. The average Bonchev–Trinajstić information content (AvgIpc) is 2.43. The van der Waals surface area contributed by atoms with E-state index in [0.717, 1.165) is 0 Å². The van der Waals surface area contributed by atoms with Gasteiger partial charge in [-0.05, 0) is 30.0 Å². The molecular formula is C14H23NO4S. The molecule has 0 radical (unpaired) electrons. The summed E-state index contributed by atoms with van der Waals surface area (Å²) in [6.07, 6.45) is 0. The van der Waals surface area contributed by atoms with Crippen LogP contribution in [0.3, 0.4) is 0 Å². The highest BCUT2D eigenvalue weighted by Crippen LogP contribution is 2.22. The number of aliphatic hydroxyl groups is 1. The number of hydrogen-bond donors (Lipinski definition) is 2. The minimum atomic E-state index is -3.56. The highest BCUT2D eigenvalue weighted by Gasteiger charge is 2.18. The van der Waals surface area contributed by atoms with Crippen LogP contribution in [0.2, 0.25) is 0 Å². The molecule has 114 valence electrons. The fraction of sp³-hybridized carbons (Fsp3) is 0.571. The molecule has 1 aromatic carbocycles. The van der Waals surface area contributed by atoms with Gasteiger partial charge in [0.05, 0.1) is 18.6 Å². The lowest BCUT2D eigenvalue weighted by atomic mass is 9.99. The molecule has 0 aromatic heterocycles. The van der Waals surface area contributed by atoms with E-state index in [1.54, 1.807) is 6.07 Å². The van der Waals surface area contributed by atoms with E-state index in [-0.39, 0.29) is 17.4 Å². The average molecular weight is 301 g/mol. The first-order valence-electron chi connectivity index (χ1n) is 6.59. The van der Waals surface area contributed by atoms with E-state index < -0.39 is 10.0 Å². The van der Waals surface area contributed by atoms with E-state index >= 15 is 0 Å². The highest BCUT2D eigenvalue weighted by molar-refractivity contribution is 7.89. The Bertz CT molecular complexity index is 540. The van der Waals surface area contributed by atoms with E-state index in [0.29, 0.717) is 23.8 Å². The van der Waals surface area contributed by atoms with Gasteiger partial charge in [-0.25, -0.2) is 13.1 Å². The summed E-state index contributed by atoms with van der Waals surface area (Å²) in [7, 11) is -2.09. The van der Waals surface area contributed by atoms with Gasteiger partial charge in [0.25, 0.3) is 0 Å². The number of benzene rings is 1. The van der Waals surface area contributed by atoms with Crippen LogP contribution in [0.15, 0.2) is 23.1 Å². The summed E-state index contributed by atoms with van der Waals surface area (Å²) in [4.78, 5) is 0.137. The van der Waals surface area contributed by atoms with Crippen molar-refractivity contribution in [1.82, 2.24) is 4.72 Å². The maximum absolute atomic E-state index is 12.2. The molecule has 0 fully saturated rings. The Morgan fingerprint density at radius 1 is 1.30 bits per heavy atom. The molecule has 1 aromatic rings. The monoisotopic (exact) mass is 301 g/mol. The molecule has 20 heavy (non-hydrogen) atoms. The molecule has 2 N–H and O–H groups in total. The van der Waals surface area contributed by atoms with Crippen LogP contribution in [-0.2, 0) is 16.6 Å². The van der Waals surface area contributed by atoms with Gasteiger partial charge in [0, 0.05) is 12.1 Å². The summed E-state index contributed by atoms with van der Waals surface area (Å²) in [5.74, 6) is 1.13. The van der Waals surface area contributed by atoms with Crippen molar-refractivity contribution in [1.29, 1.82) is 0 Å². The van der Waals surface area contributed by atoms with Gasteiger partial charge in [-0.2, -0.15) is 0 Å². The molecule has 0 bridgehead atoms. The lowest BCUT2D eigenvalue weighted by molar-refractivity contribution is 0.273. The second-order valence-corrected chi connectivity index (χ2v) is 6.97. The Balaban J connectivity index is 2.93. The standard InChI is InChI=1S/C14H23NO4S/c1-10(2)11(3)8-15-20(17,18)13-5-6-14(19-4)12(7-13)9-16/h5-7,10-11,15-16H,8-9H2,1-4H3. The van der Waals surface area contributed by atoms with Gasteiger partial charge in [-0.15, -0.1) is 0 Å².